The minimum atomic E-state index is -3.88. The summed E-state index contributed by atoms with van der Waals surface area (Å²) in [6.45, 7) is 5.54. The van der Waals surface area contributed by atoms with Crippen molar-refractivity contribution in [1.29, 1.82) is 0 Å². The normalized spacial score (nSPS) is 15.7. The second kappa shape index (κ2) is 10.3. The van der Waals surface area contributed by atoms with Gasteiger partial charge in [-0.15, -0.1) is 0 Å². The van der Waals surface area contributed by atoms with Gasteiger partial charge in [0.25, 0.3) is 10.0 Å². The Morgan fingerprint density at radius 2 is 1.48 bits per heavy atom. The Kier molecular flexibility index (Phi) is 7.76. The zero-order valence-corrected chi connectivity index (χ0v) is 19.7. The highest BCUT2D eigenvalue weighted by atomic mass is 32.2. The molecule has 5 nitrogen and oxygen atoms in total. The van der Waals surface area contributed by atoms with Crippen LogP contribution in [-0.4, -0.2) is 26.9 Å². The van der Waals surface area contributed by atoms with E-state index in [1.807, 2.05) is 32.9 Å². The lowest BCUT2D eigenvalue weighted by atomic mass is 9.97. The van der Waals surface area contributed by atoms with Crippen LogP contribution in [0.1, 0.15) is 61.6 Å². The summed E-state index contributed by atoms with van der Waals surface area (Å²) in [7, 11) is -3.88. The molecule has 168 valence electrons. The van der Waals surface area contributed by atoms with Crippen LogP contribution in [0.15, 0.2) is 47.4 Å². The van der Waals surface area contributed by atoms with Gasteiger partial charge in [-0.1, -0.05) is 67.5 Å². The summed E-state index contributed by atoms with van der Waals surface area (Å²) in [5, 5.41) is 3.11. The lowest BCUT2D eigenvalue weighted by molar-refractivity contribution is -0.120. The average molecular weight is 443 g/mol. The van der Waals surface area contributed by atoms with Crippen molar-refractivity contribution in [3.63, 3.8) is 0 Å². The first-order chi connectivity index (χ1) is 14.8. The van der Waals surface area contributed by atoms with E-state index in [0.717, 1.165) is 42.4 Å². The number of anilines is 1. The van der Waals surface area contributed by atoms with E-state index in [1.165, 1.54) is 23.6 Å². The molecule has 0 spiro atoms. The predicted octanol–water partition coefficient (Wildman–Crippen LogP) is 5.04. The summed E-state index contributed by atoms with van der Waals surface area (Å²) >= 11 is 0. The Labute approximate surface area is 186 Å². The molecule has 1 N–H and O–H groups in total. The van der Waals surface area contributed by atoms with E-state index in [-0.39, 0.29) is 23.4 Å². The smallest absolute Gasteiger partial charge is 0.264 e. The van der Waals surface area contributed by atoms with Crippen molar-refractivity contribution >= 4 is 21.6 Å². The molecule has 0 heterocycles. The summed E-state index contributed by atoms with van der Waals surface area (Å²) in [5.41, 5.74) is 3.40. The van der Waals surface area contributed by atoms with Crippen molar-refractivity contribution in [1.82, 2.24) is 5.32 Å². The molecule has 2 aromatic rings. The minimum absolute atomic E-state index is 0.121. The molecule has 1 aliphatic carbocycles. The first-order valence-electron chi connectivity index (χ1n) is 11.2. The fraction of sp³-hybridized carbons (Fsp3) is 0.480. The number of hydrogen-bond donors (Lipinski definition) is 1. The maximum absolute atomic E-state index is 13.6. The van der Waals surface area contributed by atoms with E-state index < -0.39 is 10.0 Å². The Bertz CT molecular complexity index is 992. The number of rotatable bonds is 6. The van der Waals surface area contributed by atoms with E-state index in [1.54, 1.807) is 30.3 Å². The van der Waals surface area contributed by atoms with Gasteiger partial charge in [0.1, 0.15) is 6.54 Å². The largest absolute Gasteiger partial charge is 0.352 e. The first kappa shape index (κ1) is 23.3. The molecule has 3 rings (SSSR count). The lowest BCUT2D eigenvalue weighted by Gasteiger charge is -2.27. The molecule has 31 heavy (non-hydrogen) atoms. The summed E-state index contributed by atoms with van der Waals surface area (Å²) < 4.78 is 28.4. The maximum Gasteiger partial charge on any atom is 0.264 e. The number of aryl methyl sites for hydroxylation is 3. The number of hydrogen-bond acceptors (Lipinski definition) is 3. The van der Waals surface area contributed by atoms with E-state index in [2.05, 4.69) is 5.32 Å². The van der Waals surface area contributed by atoms with E-state index in [0.29, 0.717) is 5.69 Å². The monoisotopic (exact) mass is 442 g/mol. The second-order valence-corrected chi connectivity index (χ2v) is 10.6. The van der Waals surface area contributed by atoms with Crippen LogP contribution in [0.5, 0.6) is 0 Å². The number of amides is 1. The molecule has 0 aliphatic heterocycles. The minimum Gasteiger partial charge on any atom is -0.352 e. The molecule has 0 aromatic heterocycles. The van der Waals surface area contributed by atoms with Crippen LogP contribution in [0, 0.1) is 20.8 Å². The molecule has 0 bridgehead atoms. The Balaban J connectivity index is 1.88. The molecule has 1 amide bonds. The summed E-state index contributed by atoms with van der Waals surface area (Å²) in [6.07, 6.45) is 7.78. The third-order valence-electron chi connectivity index (χ3n) is 5.99. The van der Waals surface area contributed by atoms with Crippen molar-refractivity contribution < 1.29 is 13.2 Å². The summed E-state index contributed by atoms with van der Waals surface area (Å²) in [6, 6.07) is 12.5. The quantitative estimate of drug-likeness (QED) is 0.682. The van der Waals surface area contributed by atoms with Crippen molar-refractivity contribution in [2.75, 3.05) is 10.8 Å². The molecule has 0 saturated heterocycles. The number of sulfonamides is 1. The highest BCUT2D eigenvalue weighted by molar-refractivity contribution is 7.92. The van der Waals surface area contributed by atoms with Crippen molar-refractivity contribution in [2.45, 2.75) is 76.7 Å². The molecule has 2 aromatic carbocycles. The summed E-state index contributed by atoms with van der Waals surface area (Å²) in [5.74, 6) is -0.249. The molecule has 0 atom stereocenters. The van der Waals surface area contributed by atoms with E-state index >= 15 is 0 Å². The average Bonchev–Trinajstić information content (AvgIpc) is 2.69. The molecule has 0 unspecified atom stereocenters. The van der Waals surface area contributed by atoms with Crippen molar-refractivity contribution in [2.24, 2.45) is 0 Å². The highest BCUT2D eigenvalue weighted by Crippen LogP contribution is 2.28. The van der Waals surface area contributed by atoms with Crippen LogP contribution < -0.4 is 9.62 Å². The predicted molar refractivity (Wildman–Crippen MR) is 126 cm³/mol. The van der Waals surface area contributed by atoms with Crippen LogP contribution in [-0.2, 0) is 14.8 Å². The lowest BCUT2D eigenvalue weighted by Crippen LogP contribution is -2.44. The Hall–Kier alpha value is -2.34. The Morgan fingerprint density at radius 3 is 2.10 bits per heavy atom. The van der Waals surface area contributed by atoms with Gasteiger partial charge in [0.15, 0.2) is 0 Å². The van der Waals surface area contributed by atoms with E-state index in [9.17, 15) is 13.2 Å². The molecule has 1 fully saturated rings. The number of carbonyl (C=O) groups is 1. The number of nitrogens with one attached hydrogen (secondary N) is 1. The molecule has 1 saturated carbocycles. The summed E-state index contributed by atoms with van der Waals surface area (Å²) in [4.78, 5) is 13.2. The number of benzene rings is 2. The maximum atomic E-state index is 13.6. The van der Waals surface area contributed by atoms with Gasteiger partial charge in [-0.3, -0.25) is 9.10 Å². The third kappa shape index (κ3) is 6.10. The molecule has 1 aliphatic rings. The molecular formula is C25H34N2O3S. The molecule has 0 radical (unpaired) electrons. The van der Waals surface area contributed by atoms with Gasteiger partial charge >= 0.3 is 0 Å². The fourth-order valence-electron chi connectivity index (χ4n) is 4.23. The third-order valence-corrected chi connectivity index (χ3v) is 7.76. The SMILES string of the molecule is Cc1ccc(S(=O)(=O)N(CC(=O)NC2CCCCCCC2)c2ccc(C)cc2C)cc1. The standard InChI is InChI=1S/C25H34N2O3S/c1-19-11-14-23(15-12-19)31(29,30)27(24-16-13-20(2)17-21(24)3)18-25(28)26-22-9-7-5-4-6-8-10-22/h11-17,22H,4-10,18H2,1-3H3,(H,26,28). The van der Waals surface area contributed by atoms with E-state index in [4.69, 9.17) is 0 Å². The topological polar surface area (TPSA) is 66.5 Å². The van der Waals surface area contributed by atoms with Crippen LogP contribution >= 0.6 is 0 Å². The van der Waals surface area contributed by atoms with Crippen LogP contribution in [0.3, 0.4) is 0 Å². The molecule has 6 heteroatoms. The van der Waals surface area contributed by atoms with Crippen LogP contribution in [0.4, 0.5) is 5.69 Å². The van der Waals surface area contributed by atoms with Crippen molar-refractivity contribution in [3.8, 4) is 0 Å². The van der Waals surface area contributed by atoms with Crippen LogP contribution in [0.2, 0.25) is 0 Å². The van der Waals surface area contributed by atoms with Gasteiger partial charge in [0.05, 0.1) is 10.6 Å². The number of nitrogens with zero attached hydrogens (tertiary/aromatic N) is 1. The second-order valence-electron chi connectivity index (χ2n) is 8.72. The Morgan fingerprint density at radius 1 is 0.903 bits per heavy atom. The first-order valence-corrected chi connectivity index (χ1v) is 12.7. The van der Waals surface area contributed by atoms with Gasteiger partial charge in [-0.05, 0) is 57.4 Å². The van der Waals surface area contributed by atoms with Crippen LogP contribution in [0.25, 0.3) is 0 Å². The number of carbonyl (C=O) groups excluding carboxylic acids is 1. The van der Waals surface area contributed by atoms with Gasteiger partial charge < -0.3 is 5.32 Å². The zero-order chi connectivity index (χ0) is 22.4. The van der Waals surface area contributed by atoms with Gasteiger partial charge in [0, 0.05) is 6.04 Å². The van der Waals surface area contributed by atoms with Crippen molar-refractivity contribution in [3.05, 3.63) is 59.2 Å². The fourth-order valence-corrected chi connectivity index (χ4v) is 5.71. The molecular weight excluding hydrogens is 408 g/mol. The zero-order valence-electron chi connectivity index (χ0n) is 18.9. The van der Waals surface area contributed by atoms with Gasteiger partial charge in [0.2, 0.25) is 5.91 Å². The highest BCUT2D eigenvalue weighted by Gasteiger charge is 2.29. The van der Waals surface area contributed by atoms with Gasteiger partial charge in [-0.2, -0.15) is 0 Å². The van der Waals surface area contributed by atoms with Gasteiger partial charge in [-0.25, -0.2) is 8.42 Å².